The van der Waals surface area contributed by atoms with Gasteiger partial charge in [-0.15, -0.1) is 0 Å². The number of ether oxygens (including phenoxy) is 2. The molecule has 0 N–H and O–H groups in total. The molecule has 0 amide bonds. The molecule has 7 nitrogen and oxygen atoms in total. The Morgan fingerprint density at radius 3 is 2.30 bits per heavy atom. The Labute approximate surface area is 193 Å². The van der Waals surface area contributed by atoms with Gasteiger partial charge in [0, 0.05) is 36.0 Å². The predicted molar refractivity (Wildman–Crippen MR) is 125 cm³/mol. The van der Waals surface area contributed by atoms with Crippen LogP contribution < -0.4 is 4.74 Å². The maximum absolute atomic E-state index is 14.8. The molecule has 1 atom stereocenters. The van der Waals surface area contributed by atoms with Gasteiger partial charge in [-0.1, -0.05) is 12.1 Å². The number of halogens is 1. The molecule has 33 heavy (non-hydrogen) atoms. The summed E-state index contributed by atoms with van der Waals surface area (Å²) in [6.45, 7) is 6.55. The average Bonchev–Trinajstić information content (AvgIpc) is 3.11. The maximum atomic E-state index is 14.8. The molecule has 2 aromatic carbocycles. The minimum atomic E-state index is -3.78. The van der Waals surface area contributed by atoms with Crippen LogP contribution in [0.5, 0.6) is 5.75 Å². The standard InChI is InChI=1S/C24H29FN2O5S/c1-23(2,3)32-22(28)24(4,33(6,29)30)11-12-27-15-17-13-19(20(25)14-21(17)26-27)16-7-9-18(31-5)10-8-16/h7-10,13-15H,11-12H2,1-6H3. The van der Waals surface area contributed by atoms with Gasteiger partial charge in [0.05, 0.1) is 12.6 Å². The summed E-state index contributed by atoms with van der Waals surface area (Å²) in [5.41, 5.74) is 0.721. The van der Waals surface area contributed by atoms with Gasteiger partial charge in [-0.2, -0.15) is 5.10 Å². The van der Waals surface area contributed by atoms with Gasteiger partial charge in [-0.25, -0.2) is 12.8 Å². The fourth-order valence-electron chi connectivity index (χ4n) is 3.36. The van der Waals surface area contributed by atoms with Crippen molar-refractivity contribution in [3.63, 3.8) is 0 Å². The lowest BCUT2D eigenvalue weighted by molar-refractivity contribution is -0.158. The van der Waals surface area contributed by atoms with Crippen LogP contribution in [0.15, 0.2) is 42.6 Å². The third-order valence-electron chi connectivity index (χ3n) is 5.51. The van der Waals surface area contributed by atoms with Gasteiger partial charge in [0.25, 0.3) is 0 Å². The van der Waals surface area contributed by atoms with E-state index in [0.29, 0.717) is 27.8 Å². The van der Waals surface area contributed by atoms with Crippen LogP contribution in [0.2, 0.25) is 0 Å². The Bertz CT molecular complexity index is 1280. The molecule has 1 heterocycles. The largest absolute Gasteiger partial charge is 0.497 e. The van der Waals surface area contributed by atoms with Crippen molar-refractivity contribution >= 4 is 26.7 Å². The van der Waals surface area contributed by atoms with Crippen molar-refractivity contribution < 1.29 is 27.1 Å². The summed E-state index contributed by atoms with van der Waals surface area (Å²) in [6, 6.07) is 10.1. The quantitative estimate of drug-likeness (QED) is 0.470. The highest BCUT2D eigenvalue weighted by Gasteiger charge is 2.46. The maximum Gasteiger partial charge on any atom is 0.327 e. The van der Waals surface area contributed by atoms with E-state index < -0.39 is 32.0 Å². The first-order valence-electron chi connectivity index (χ1n) is 10.5. The van der Waals surface area contributed by atoms with Crippen LogP contribution in [0.25, 0.3) is 22.0 Å². The van der Waals surface area contributed by atoms with Gasteiger partial charge >= 0.3 is 5.97 Å². The van der Waals surface area contributed by atoms with E-state index in [2.05, 4.69) is 5.10 Å². The number of carbonyl (C=O) groups is 1. The highest BCUT2D eigenvalue weighted by molar-refractivity contribution is 7.92. The van der Waals surface area contributed by atoms with Gasteiger partial charge in [-0.05, 0) is 57.9 Å². The van der Waals surface area contributed by atoms with E-state index in [1.54, 1.807) is 64.4 Å². The van der Waals surface area contributed by atoms with Crippen LogP contribution in [0.1, 0.15) is 34.1 Å². The normalized spacial score (nSPS) is 14.2. The second-order valence-electron chi connectivity index (χ2n) is 9.27. The third kappa shape index (κ3) is 5.35. The molecule has 0 aliphatic heterocycles. The number of aryl methyl sites for hydroxylation is 1. The van der Waals surface area contributed by atoms with Crippen molar-refractivity contribution in [2.45, 2.75) is 51.0 Å². The smallest absolute Gasteiger partial charge is 0.327 e. The molecule has 1 aromatic heterocycles. The van der Waals surface area contributed by atoms with Crippen molar-refractivity contribution in [1.82, 2.24) is 9.78 Å². The predicted octanol–water partition coefficient (Wildman–Crippen LogP) is 4.39. The van der Waals surface area contributed by atoms with Crippen molar-refractivity contribution in [2.75, 3.05) is 13.4 Å². The number of benzene rings is 2. The molecule has 0 bridgehead atoms. The van der Waals surface area contributed by atoms with Crippen LogP contribution in [0.4, 0.5) is 4.39 Å². The molecule has 3 rings (SSSR count). The highest BCUT2D eigenvalue weighted by atomic mass is 32.2. The first-order valence-corrected chi connectivity index (χ1v) is 12.4. The number of carbonyl (C=O) groups excluding carboxylic acids is 1. The minimum Gasteiger partial charge on any atom is -0.497 e. The minimum absolute atomic E-state index is 0.0391. The van der Waals surface area contributed by atoms with Gasteiger partial charge in [-0.3, -0.25) is 9.48 Å². The summed E-state index contributed by atoms with van der Waals surface area (Å²) in [4.78, 5) is 12.7. The van der Waals surface area contributed by atoms with Crippen molar-refractivity contribution in [1.29, 1.82) is 0 Å². The first kappa shape index (κ1) is 24.7. The molecule has 0 fully saturated rings. The van der Waals surface area contributed by atoms with Gasteiger partial charge < -0.3 is 9.47 Å². The van der Waals surface area contributed by atoms with Crippen molar-refractivity contribution in [3.8, 4) is 16.9 Å². The summed E-state index contributed by atoms with van der Waals surface area (Å²) in [7, 11) is -2.21. The molecule has 0 saturated heterocycles. The van der Waals surface area contributed by atoms with Crippen LogP contribution in [-0.2, 0) is 25.9 Å². The number of nitrogens with zero attached hydrogens (tertiary/aromatic N) is 2. The zero-order valence-corrected chi connectivity index (χ0v) is 20.5. The zero-order chi connectivity index (χ0) is 24.6. The Morgan fingerprint density at radius 1 is 1.12 bits per heavy atom. The second kappa shape index (κ2) is 8.78. The Morgan fingerprint density at radius 2 is 1.76 bits per heavy atom. The Balaban J connectivity index is 1.89. The highest BCUT2D eigenvalue weighted by Crippen LogP contribution is 2.30. The number of fused-ring (bicyclic) bond motifs is 1. The summed E-state index contributed by atoms with van der Waals surface area (Å²) in [6.07, 6.45) is 2.69. The summed E-state index contributed by atoms with van der Waals surface area (Å²) in [5.74, 6) is -0.554. The van der Waals surface area contributed by atoms with Crippen LogP contribution in [-0.4, -0.2) is 47.9 Å². The van der Waals surface area contributed by atoms with E-state index >= 15 is 0 Å². The Kier molecular flexibility index (Phi) is 6.57. The lowest BCUT2D eigenvalue weighted by Crippen LogP contribution is -2.47. The fourth-order valence-corrected chi connectivity index (χ4v) is 4.16. The Hall–Kier alpha value is -2.94. The first-order chi connectivity index (χ1) is 15.2. The lowest BCUT2D eigenvalue weighted by atomic mass is 10.0. The monoisotopic (exact) mass is 476 g/mol. The molecule has 1 unspecified atom stereocenters. The summed E-state index contributed by atoms with van der Waals surface area (Å²) >= 11 is 0. The number of sulfone groups is 1. The topological polar surface area (TPSA) is 87.5 Å². The number of rotatable bonds is 7. The van der Waals surface area contributed by atoms with Gasteiger partial charge in [0.15, 0.2) is 14.6 Å². The van der Waals surface area contributed by atoms with Crippen LogP contribution in [0, 0.1) is 5.82 Å². The van der Waals surface area contributed by atoms with Gasteiger partial charge in [0.1, 0.15) is 17.2 Å². The molecule has 0 aliphatic rings. The fraction of sp³-hybridized carbons (Fsp3) is 0.417. The summed E-state index contributed by atoms with van der Waals surface area (Å²) in [5, 5.41) is 5.06. The van der Waals surface area contributed by atoms with E-state index in [-0.39, 0.29) is 13.0 Å². The van der Waals surface area contributed by atoms with E-state index in [1.165, 1.54) is 17.7 Å². The SMILES string of the molecule is COc1ccc(-c2cc3cn(CCC(C)(C(=O)OC(C)(C)C)S(C)(=O)=O)nc3cc2F)cc1. The number of methoxy groups -OCH3 is 1. The molecule has 0 aliphatic carbocycles. The van der Waals surface area contributed by atoms with E-state index in [0.717, 1.165) is 6.26 Å². The average molecular weight is 477 g/mol. The van der Waals surface area contributed by atoms with E-state index in [4.69, 9.17) is 9.47 Å². The molecule has 0 spiro atoms. The number of esters is 1. The third-order valence-corrected chi connectivity index (χ3v) is 7.52. The van der Waals surface area contributed by atoms with Crippen molar-refractivity contribution in [2.24, 2.45) is 0 Å². The van der Waals surface area contributed by atoms with E-state index in [1.807, 2.05) is 0 Å². The van der Waals surface area contributed by atoms with Crippen LogP contribution >= 0.6 is 0 Å². The lowest BCUT2D eigenvalue weighted by Gasteiger charge is -2.30. The second-order valence-corrected chi connectivity index (χ2v) is 11.7. The molecule has 0 radical (unpaired) electrons. The molecule has 178 valence electrons. The van der Waals surface area contributed by atoms with Crippen molar-refractivity contribution in [3.05, 3.63) is 48.4 Å². The number of hydrogen-bond donors (Lipinski definition) is 0. The molecular formula is C24H29FN2O5S. The van der Waals surface area contributed by atoms with E-state index in [9.17, 15) is 17.6 Å². The van der Waals surface area contributed by atoms with Crippen LogP contribution in [0.3, 0.4) is 0 Å². The molecular weight excluding hydrogens is 447 g/mol. The molecule has 9 heteroatoms. The van der Waals surface area contributed by atoms with Gasteiger partial charge in [0.2, 0.25) is 0 Å². The summed E-state index contributed by atoms with van der Waals surface area (Å²) < 4.78 is 50.0. The number of hydrogen-bond acceptors (Lipinski definition) is 6. The zero-order valence-electron chi connectivity index (χ0n) is 19.7. The molecule has 3 aromatic rings. The number of aromatic nitrogens is 2. The molecule has 0 saturated carbocycles.